The molecule has 0 bridgehead atoms. The van der Waals surface area contributed by atoms with Crippen molar-refractivity contribution in [3.8, 4) is 5.69 Å². The van der Waals surface area contributed by atoms with Gasteiger partial charge in [0.25, 0.3) is 0 Å². The lowest BCUT2D eigenvalue weighted by molar-refractivity contribution is 0.560. The van der Waals surface area contributed by atoms with E-state index in [0.717, 1.165) is 55.7 Å². The number of hydrogen-bond donors (Lipinski definition) is 0. The normalized spacial score (nSPS) is 20.9. The third-order valence-corrected chi connectivity index (χ3v) is 6.80. The Labute approximate surface area is 190 Å². The van der Waals surface area contributed by atoms with E-state index >= 15 is 0 Å². The molecular formula is C24H25F2N7. The van der Waals surface area contributed by atoms with Gasteiger partial charge in [0.2, 0.25) is 0 Å². The first-order valence-corrected chi connectivity index (χ1v) is 11.4. The number of halogens is 2. The molecule has 7 nitrogen and oxygen atoms in total. The van der Waals surface area contributed by atoms with Crippen molar-refractivity contribution in [2.75, 3.05) is 29.4 Å². The highest BCUT2D eigenvalue weighted by Crippen LogP contribution is 2.37. The lowest BCUT2D eigenvalue weighted by Crippen LogP contribution is -2.24. The van der Waals surface area contributed by atoms with Crippen molar-refractivity contribution < 1.29 is 8.78 Å². The van der Waals surface area contributed by atoms with Crippen LogP contribution in [0.25, 0.3) is 11.3 Å². The van der Waals surface area contributed by atoms with Gasteiger partial charge >= 0.3 is 0 Å². The zero-order valence-electron chi connectivity index (χ0n) is 18.4. The lowest BCUT2D eigenvalue weighted by Gasteiger charge is -2.26. The summed E-state index contributed by atoms with van der Waals surface area (Å²) in [5.41, 5.74) is 2.92. The van der Waals surface area contributed by atoms with E-state index in [1.165, 1.54) is 18.6 Å². The van der Waals surface area contributed by atoms with E-state index in [1.54, 1.807) is 10.7 Å². The highest BCUT2D eigenvalue weighted by molar-refractivity contribution is 5.62. The van der Waals surface area contributed by atoms with Crippen LogP contribution >= 0.6 is 0 Å². The summed E-state index contributed by atoms with van der Waals surface area (Å²) in [6, 6.07) is 5.27. The monoisotopic (exact) mass is 449 g/mol. The van der Waals surface area contributed by atoms with Crippen LogP contribution in [-0.4, -0.2) is 44.0 Å². The molecule has 9 heteroatoms. The average molecular weight is 450 g/mol. The van der Waals surface area contributed by atoms with Crippen molar-refractivity contribution >= 4 is 17.2 Å². The quantitative estimate of drug-likeness (QED) is 0.463. The van der Waals surface area contributed by atoms with Crippen molar-refractivity contribution in [2.24, 2.45) is 5.92 Å². The van der Waals surface area contributed by atoms with Gasteiger partial charge in [-0.05, 0) is 49.4 Å². The predicted molar refractivity (Wildman–Crippen MR) is 122 cm³/mol. The number of anilines is 2. The van der Waals surface area contributed by atoms with Gasteiger partial charge in [0.05, 0.1) is 30.3 Å². The van der Waals surface area contributed by atoms with Crippen LogP contribution in [0.15, 0.2) is 49.1 Å². The Morgan fingerprint density at radius 2 is 1.94 bits per heavy atom. The summed E-state index contributed by atoms with van der Waals surface area (Å²) in [7, 11) is 0. The molecule has 4 aromatic rings. The van der Waals surface area contributed by atoms with Gasteiger partial charge in [-0.1, -0.05) is 6.92 Å². The van der Waals surface area contributed by atoms with Crippen LogP contribution in [0.1, 0.15) is 37.8 Å². The lowest BCUT2D eigenvalue weighted by atomic mass is 10.0. The van der Waals surface area contributed by atoms with E-state index in [0.29, 0.717) is 17.1 Å². The summed E-state index contributed by atoms with van der Waals surface area (Å²) < 4.78 is 31.9. The molecule has 6 rings (SSSR count). The molecule has 3 aromatic heterocycles. The molecule has 0 aliphatic carbocycles. The van der Waals surface area contributed by atoms with Crippen LogP contribution in [0.3, 0.4) is 0 Å². The molecule has 1 unspecified atom stereocenters. The molecule has 5 heterocycles. The Bertz CT molecular complexity index is 1310. The van der Waals surface area contributed by atoms with Gasteiger partial charge in [-0.3, -0.25) is 0 Å². The molecular weight excluding hydrogens is 424 g/mol. The zero-order valence-corrected chi connectivity index (χ0v) is 18.4. The van der Waals surface area contributed by atoms with Gasteiger partial charge in [0, 0.05) is 31.4 Å². The molecule has 33 heavy (non-hydrogen) atoms. The van der Waals surface area contributed by atoms with E-state index < -0.39 is 5.82 Å². The summed E-state index contributed by atoms with van der Waals surface area (Å²) in [6.07, 6.45) is 10.3. The van der Waals surface area contributed by atoms with Crippen LogP contribution in [0, 0.1) is 17.6 Å². The van der Waals surface area contributed by atoms with Crippen molar-refractivity contribution in [1.82, 2.24) is 24.4 Å². The molecule has 2 aliphatic heterocycles. The second kappa shape index (κ2) is 7.83. The zero-order chi connectivity index (χ0) is 22.5. The Morgan fingerprint density at radius 3 is 2.79 bits per heavy atom. The molecule has 0 radical (unpaired) electrons. The minimum atomic E-state index is -0.429. The number of nitrogens with zero attached hydrogens (tertiary/aromatic N) is 7. The van der Waals surface area contributed by atoms with E-state index in [4.69, 9.17) is 4.98 Å². The molecule has 2 atom stereocenters. The Morgan fingerprint density at radius 1 is 1.03 bits per heavy atom. The van der Waals surface area contributed by atoms with Crippen molar-refractivity contribution in [3.63, 3.8) is 0 Å². The molecule has 0 N–H and O–H groups in total. The maximum atomic E-state index is 14.5. The van der Waals surface area contributed by atoms with E-state index in [2.05, 4.69) is 26.9 Å². The maximum absolute atomic E-state index is 14.5. The summed E-state index contributed by atoms with van der Waals surface area (Å²) in [4.78, 5) is 9.27. The summed E-state index contributed by atoms with van der Waals surface area (Å²) in [5.74, 6) is 0.586. The van der Waals surface area contributed by atoms with Gasteiger partial charge in [-0.15, -0.1) is 0 Å². The number of rotatable bonds is 4. The fourth-order valence-corrected chi connectivity index (χ4v) is 5.08. The highest BCUT2D eigenvalue weighted by Gasteiger charge is 2.30. The van der Waals surface area contributed by atoms with Crippen LogP contribution < -0.4 is 9.80 Å². The third kappa shape index (κ3) is 3.51. The van der Waals surface area contributed by atoms with Crippen molar-refractivity contribution in [1.29, 1.82) is 0 Å². The number of hydrogen-bond acceptors (Lipinski definition) is 5. The fraction of sp³-hybridized carbons (Fsp3) is 0.375. The average Bonchev–Trinajstić information content (AvgIpc) is 3.60. The first kappa shape index (κ1) is 20.1. The minimum Gasteiger partial charge on any atom is -0.369 e. The Hall–Kier alpha value is -3.49. The van der Waals surface area contributed by atoms with Crippen LogP contribution in [0.2, 0.25) is 0 Å². The van der Waals surface area contributed by atoms with E-state index in [-0.39, 0.29) is 11.9 Å². The smallest absolute Gasteiger partial charge is 0.183 e. The molecule has 2 aliphatic rings. The van der Waals surface area contributed by atoms with Crippen LogP contribution in [-0.2, 0) is 0 Å². The van der Waals surface area contributed by atoms with Gasteiger partial charge in [0.1, 0.15) is 23.1 Å². The second-order valence-electron chi connectivity index (χ2n) is 9.08. The molecule has 0 amide bonds. The molecule has 2 saturated heterocycles. The van der Waals surface area contributed by atoms with Crippen LogP contribution in [0.5, 0.6) is 0 Å². The van der Waals surface area contributed by atoms with Gasteiger partial charge in [-0.25, -0.2) is 23.0 Å². The molecule has 0 saturated carbocycles. The number of aromatic nitrogens is 5. The summed E-state index contributed by atoms with van der Waals surface area (Å²) in [5, 5.41) is 9.00. The first-order valence-electron chi connectivity index (χ1n) is 11.4. The highest BCUT2D eigenvalue weighted by atomic mass is 19.1. The standard InChI is InChI=1S/C24H25F2N7/c1-16-6-9-30(14-16)18-12-27-33(15-18)22-13-28-32-10-7-23(29-24(22)32)31-8-2-3-21(31)19-11-17(25)4-5-20(19)26/h4-5,7,10-13,15-16,21H,2-3,6,8-9,14H2,1H3/t16?,21-/m1/s1. The summed E-state index contributed by atoms with van der Waals surface area (Å²) >= 11 is 0. The number of fused-ring (bicyclic) bond motifs is 1. The topological polar surface area (TPSA) is 54.5 Å². The summed E-state index contributed by atoms with van der Waals surface area (Å²) in [6.45, 7) is 5.07. The maximum Gasteiger partial charge on any atom is 0.183 e. The number of benzene rings is 1. The van der Waals surface area contributed by atoms with Gasteiger partial charge in [0.15, 0.2) is 5.65 Å². The SMILES string of the molecule is CC1CCN(c2cnn(-c3cnn4ccc(N5CCC[C@@H]5c5cc(F)ccc5F)nc34)c2)C1. The van der Waals surface area contributed by atoms with E-state index in [1.807, 2.05) is 29.3 Å². The second-order valence-corrected chi connectivity index (χ2v) is 9.08. The minimum absolute atomic E-state index is 0.254. The molecule has 0 spiro atoms. The van der Waals surface area contributed by atoms with Gasteiger partial charge in [-0.2, -0.15) is 10.2 Å². The molecule has 1 aromatic carbocycles. The van der Waals surface area contributed by atoms with Crippen molar-refractivity contribution in [3.05, 3.63) is 66.3 Å². The largest absolute Gasteiger partial charge is 0.369 e. The Balaban J connectivity index is 1.35. The van der Waals surface area contributed by atoms with E-state index in [9.17, 15) is 8.78 Å². The fourth-order valence-electron chi connectivity index (χ4n) is 5.08. The molecule has 2 fully saturated rings. The predicted octanol–water partition coefficient (Wildman–Crippen LogP) is 4.38. The molecule has 170 valence electrons. The van der Waals surface area contributed by atoms with Crippen molar-refractivity contribution in [2.45, 2.75) is 32.2 Å². The third-order valence-electron chi connectivity index (χ3n) is 6.80. The first-order chi connectivity index (χ1) is 16.1. The Kier molecular flexibility index (Phi) is 4.78. The van der Waals surface area contributed by atoms with Gasteiger partial charge < -0.3 is 9.80 Å². The van der Waals surface area contributed by atoms with Crippen LogP contribution in [0.4, 0.5) is 20.3 Å².